The number of hydrogen-bond acceptors (Lipinski definition) is 14. The van der Waals surface area contributed by atoms with E-state index in [9.17, 15) is 30.0 Å². The standard InChI is InChI=1S/C52H52N4O8S2/c1-31(57)65-17-5-7-33-19-35-23-39-27-45(55-53-43-9-13-47(63-3)14-10-43)29-41(51(39)61)25-37-21-34(8-6-18-66-32(2)58)22-38(50(37)60)26-42-30-46(56-54-44-11-15-48(64-4)16-12-44)28-40(52(42)62)24-36(20-33)49(35)59/h9-16,19-22,27-30,59-62H,5-8,17-18,23-26H2,1-4H3. The van der Waals surface area contributed by atoms with E-state index in [1.165, 1.54) is 23.5 Å². The summed E-state index contributed by atoms with van der Waals surface area (Å²) in [5.74, 6) is 2.63. The molecular formula is C52H52N4O8S2. The Balaban J connectivity index is 1.39. The predicted molar refractivity (Wildman–Crippen MR) is 261 cm³/mol. The zero-order chi connectivity index (χ0) is 46.7. The lowest BCUT2D eigenvalue weighted by Gasteiger charge is -2.19. The van der Waals surface area contributed by atoms with Gasteiger partial charge in [0.2, 0.25) is 0 Å². The normalized spacial score (nSPS) is 12.4. The van der Waals surface area contributed by atoms with E-state index in [2.05, 4.69) is 20.5 Å². The number of methoxy groups -OCH3 is 2. The highest BCUT2D eigenvalue weighted by molar-refractivity contribution is 8.13. The smallest absolute Gasteiger partial charge is 0.185 e. The molecule has 8 bridgehead atoms. The van der Waals surface area contributed by atoms with Gasteiger partial charge in [0.05, 0.1) is 37.0 Å². The van der Waals surface area contributed by atoms with Gasteiger partial charge in [-0.1, -0.05) is 47.8 Å². The summed E-state index contributed by atoms with van der Waals surface area (Å²) in [4.78, 5) is 23.5. The van der Waals surface area contributed by atoms with Crippen molar-refractivity contribution in [3.05, 3.63) is 153 Å². The van der Waals surface area contributed by atoms with E-state index >= 15 is 0 Å². The SMILES string of the molecule is COc1ccc(N=Nc2cc3c(O)c(c2)Cc2cc(CCCSC(C)=O)cc(c2O)Cc2cc(N=Nc4ccc(OC)cc4)cc(c2O)Cc2cc(CCCSC(C)=O)cc(c2O)C3)cc1. The number of thioether (sulfide) groups is 2. The minimum absolute atomic E-state index is 0.00589. The number of carbonyl (C=O) groups excluding carboxylic acids is 2. The van der Waals surface area contributed by atoms with E-state index < -0.39 is 0 Å². The molecule has 0 radical (unpaired) electrons. The van der Waals surface area contributed by atoms with Gasteiger partial charge in [0.1, 0.15) is 34.5 Å². The monoisotopic (exact) mass is 924 g/mol. The molecule has 0 unspecified atom stereocenters. The Bertz CT molecular complexity index is 2510. The molecule has 0 heterocycles. The summed E-state index contributed by atoms with van der Waals surface area (Å²) in [5.41, 5.74) is 8.06. The third-order valence-electron chi connectivity index (χ3n) is 11.2. The van der Waals surface area contributed by atoms with Crippen LogP contribution < -0.4 is 9.47 Å². The first-order valence-corrected chi connectivity index (χ1v) is 23.6. The maximum Gasteiger partial charge on any atom is 0.185 e. The first kappa shape index (κ1) is 47.3. The molecule has 0 saturated carbocycles. The quantitative estimate of drug-likeness (QED) is 0.0605. The van der Waals surface area contributed by atoms with E-state index in [1.807, 2.05) is 24.3 Å². The van der Waals surface area contributed by atoms with Crippen molar-refractivity contribution in [1.82, 2.24) is 0 Å². The molecule has 7 rings (SSSR count). The summed E-state index contributed by atoms with van der Waals surface area (Å²) in [6.45, 7) is 3.10. The number of hydrogen-bond donors (Lipinski definition) is 4. The molecule has 12 nitrogen and oxygen atoms in total. The van der Waals surface area contributed by atoms with Crippen LogP contribution in [0.1, 0.15) is 82.3 Å². The number of benzene rings is 6. The number of nitrogens with zero attached hydrogens (tertiary/aromatic N) is 4. The minimum atomic E-state index is -0.00589. The number of phenols is 4. The van der Waals surface area contributed by atoms with Crippen LogP contribution in [0.2, 0.25) is 0 Å². The highest BCUT2D eigenvalue weighted by Gasteiger charge is 2.22. The van der Waals surface area contributed by atoms with Crippen LogP contribution in [0.25, 0.3) is 0 Å². The fourth-order valence-electron chi connectivity index (χ4n) is 7.96. The highest BCUT2D eigenvalue weighted by atomic mass is 32.2. The molecule has 4 N–H and O–H groups in total. The highest BCUT2D eigenvalue weighted by Crippen LogP contribution is 2.41. The molecule has 0 amide bonds. The Morgan fingerprint density at radius 3 is 1.00 bits per heavy atom. The number of fused-ring (bicyclic) bond motifs is 8. The largest absolute Gasteiger partial charge is 0.507 e. The predicted octanol–water partition coefficient (Wildman–Crippen LogP) is 12.5. The molecule has 0 spiro atoms. The van der Waals surface area contributed by atoms with Crippen molar-refractivity contribution >= 4 is 56.5 Å². The summed E-state index contributed by atoms with van der Waals surface area (Å²) < 4.78 is 10.6. The minimum Gasteiger partial charge on any atom is -0.507 e. The van der Waals surface area contributed by atoms with Gasteiger partial charge in [-0.05, 0) is 132 Å². The second kappa shape index (κ2) is 22.0. The van der Waals surface area contributed by atoms with Crippen LogP contribution in [0, 0.1) is 0 Å². The summed E-state index contributed by atoms with van der Waals surface area (Å²) in [5, 5.41) is 66.7. The van der Waals surface area contributed by atoms with Crippen molar-refractivity contribution in [2.75, 3.05) is 25.7 Å². The summed E-state index contributed by atoms with van der Waals surface area (Å²) in [6.07, 6.45) is 3.09. The van der Waals surface area contributed by atoms with Gasteiger partial charge in [0.25, 0.3) is 0 Å². The molecule has 1 aliphatic carbocycles. The van der Waals surface area contributed by atoms with E-state index in [1.54, 1.807) is 101 Å². The van der Waals surface area contributed by atoms with E-state index in [4.69, 9.17) is 9.47 Å². The molecule has 0 atom stereocenters. The average Bonchev–Trinajstić information content (AvgIpc) is 3.30. The number of rotatable bonds is 14. The molecule has 14 heteroatoms. The van der Waals surface area contributed by atoms with Crippen LogP contribution >= 0.6 is 23.5 Å². The van der Waals surface area contributed by atoms with Gasteiger partial charge in [0, 0.05) is 73.3 Å². The van der Waals surface area contributed by atoms with Crippen LogP contribution in [0.15, 0.2) is 118 Å². The molecule has 0 saturated heterocycles. The molecule has 0 fully saturated rings. The lowest BCUT2D eigenvalue weighted by Crippen LogP contribution is -2.03. The van der Waals surface area contributed by atoms with Crippen LogP contribution in [0.4, 0.5) is 22.7 Å². The van der Waals surface area contributed by atoms with Gasteiger partial charge in [-0.25, -0.2) is 0 Å². The zero-order valence-corrected chi connectivity index (χ0v) is 39.0. The second-order valence-electron chi connectivity index (χ2n) is 16.1. The topological polar surface area (TPSA) is 183 Å². The lowest BCUT2D eigenvalue weighted by atomic mass is 9.88. The average molecular weight is 925 g/mol. The maximum absolute atomic E-state index is 12.1. The molecule has 6 aromatic carbocycles. The Labute approximate surface area is 392 Å². The van der Waals surface area contributed by atoms with E-state index in [0.29, 0.717) is 116 Å². The van der Waals surface area contributed by atoms with Crippen molar-refractivity contribution in [2.45, 2.75) is 65.2 Å². The van der Waals surface area contributed by atoms with Gasteiger partial charge < -0.3 is 29.9 Å². The number of carbonyl (C=O) groups is 2. The van der Waals surface area contributed by atoms with Crippen LogP contribution in [0.3, 0.4) is 0 Å². The molecular weight excluding hydrogens is 873 g/mol. The number of aryl methyl sites for hydroxylation is 2. The summed E-state index contributed by atoms with van der Waals surface area (Å²) >= 11 is 2.53. The van der Waals surface area contributed by atoms with Gasteiger partial charge in [0.15, 0.2) is 10.2 Å². The third kappa shape index (κ3) is 12.4. The number of azo groups is 2. The van der Waals surface area contributed by atoms with Crippen molar-refractivity contribution in [2.24, 2.45) is 20.5 Å². The first-order valence-electron chi connectivity index (χ1n) is 21.6. The molecule has 0 aliphatic heterocycles. The maximum atomic E-state index is 12.1. The third-order valence-corrected chi connectivity index (χ3v) is 13.0. The fourth-order valence-corrected chi connectivity index (χ4v) is 9.12. The summed E-state index contributed by atoms with van der Waals surface area (Å²) in [7, 11) is 3.18. The summed E-state index contributed by atoms with van der Waals surface area (Å²) in [6, 6.07) is 29.0. The Kier molecular flexibility index (Phi) is 15.8. The van der Waals surface area contributed by atoms with E-state index in [0.717, 1.165) is 11.1 Å². The Morgan fingerprint density at radius 1 is 0.455 bits per heavy atom. The molecule has 340 valence electrons. The number of aromatic hydroxyl groups is 4. The molecule has 1 aliphatic rings. The van der Waals surface area contributed by atoms with Crippen LogP contribution in [-0.2, 0) is 48.1 Å². The van der Waals surface area contributed by atoms with Gasteiger partial charge in [-0.15, -0.1) is 0 Å². The van der Waals surface area contributed by atoms with Crippen molar-refractivity contribution in [1.29, 1.82) is 0 Å². The van der Waals surface area contributed by atoms with Crippen LogP contribution in [-0.4, -0.2) is 56.4 Å². The molecule has 66 heavy (non-hydrogen) atoms. The van der Waals surface area contributed by atoms with Gasteiger partial charge in [-0.2, -0.15) is 20.5 Å². The number of phenolic OH excluding ortho intramolecular Hbond substituents is 4. The van der Waals surface area contributed by atoms with Crippen molar-refractivity contribution < 1.29 is 39.5 Å². The van der Waals surface area contributed by atoms with Crippen molar-refractivity contribution in [3.8, 4) is 34.5 Å². The zero-order valence-electron chi connectivity index (χ0n) is 37.3. The first-order chi connectivity index (χ1) is 31.8. The van der Waals surface area contributed by atoms with Gasteiger partial charge >= 0.3 is 0 Å². The van der Waals surface area contributed by atoms with Crippen LogP contribution in [0.5, 0.6) is 34.5 Å². The molecule has 6 aromatic rings. The fraction of sp³-hybridized carbons (Fsp3) is 0.269. The Morgan fingerprint density at radius 2 is 0.727 bits per heavy atom. The molecule has 0 aromatic heterocycles. The Hall–Kier alpha value is -6.64. The lowest BCUT2D eigenvalue weighted by molar-refractivity contribution is -0.109. The van der Waals surface area contributed by atoms with Crippen molar-refractivity contribution in [3.63, 3.8) is 0 Å². The number of ether oxygens (including phenoxy) is 2. The van der Waals surface area contributed by atoms with E-state index in [-0.39, 0.29) is 58.9 Å². The second-order valence-corrected chi connectivity index (χ2v) is 18.7. The van der Waals surface area contributed by atoms with Gasteiger partial charge in [-0.3, -0.25) is 9.59 Å².